The van der Waals surface area contributed by atoms with Crippen LogP contribution in [-0.4, -0.2) is 93.2 Å². The Morgan fingerprint density at radius 1 is 0.963 bits per heavy atom. The molecule has 0 N–H and O–H groups in total. The third-order valence-corrected chi connectivity index (χ3v) is 13.1. The van der Waals surface area contributed by atoms with Crippen LogP contribution in [0.2, 0.25) is 0 Å². The van der Waals surface area contributed by atoms with Crippen molar-refractivity contribution >= 4 is 78.0 Å². The topological polar surface area (TPSA) is 139 Å². The van der Waals surface area contributed by atoms with Crippen LogP contribution in [0, 0.1) is 6.92 Å². The second kappa shape index (κ2) is 17.1. The van der Waals surface area contributed by atoms with Gasteiger partial charge in [0.05, 0.1) is 17.3 Å². The van der Waals surface area contributed by atoms with Gasteiger partial charge in [0.2, 0.25) is 10.0 Å². The first-order valence-electron chi connectivity index (χ1n) is 18.1. The number of imidazole rings is 2. The predicted molar refractivity (Wildman–Crippen MR) is 223 cm³/mol. The molecule has 3 aromatic heterocycles. The first kappa shape index (κ1) is 39.4. The van der Waals surface area contributed by atoms with Gasteiger partial charge >= 0.3 is 0 Å². The molecular formula is C38H44I2N8O5S. The number of aliphatic imine (C=N–C) groups is 1. The maximum atomic E-state index is 14.2. The van der Waals surface area contributed by atoms with Crippen LogP contribution < -0.4 is 0 Å². The van der Waals surface area contributed by atoms with Crippen LogP contribution in [0.25, 0.3) is 11.2 Å². The third-order valence-electron chi connectivity index (χ3n) is 9.76. The van der Waals surface area contributed by atoms with Gasteiger partial charge in [-0.1, -0.05) is 93.2 Å². The number of nitrogens with zero attached hydrogens (tertiary/aromatic N) is 8. The molecule has 286 valence electrons. The molecule has 1 unspecified atom stereocenters. The van der Waals surface area contributed by atoms with Gasteiger partial charge in [0.15, 0.2) is 29.0 Å². The van der Waals surface area contributed by atoms with Crippen molar-refractivity contribution in [3.05, 3.63) is 97.1 Å². The fraction of sp³-hybridized carbons (Fsp3) is 0.447. The minimum atomic E-state index is -3.73. The minimum absolute atomic E-state index is 0.213. The highest BCUT2D eigenvalue weighted by Gasteiger charge is 2.56. The number of unbranched alkanes of at least 4 members (excludes halogenated alkanes) is 1. The number of ether oxygens (including phenoxy) is 3. The molecule has 5 atom stereocenters. The Balaban J connectivity index is 1.17. The van der Waals surface area contributed by atoms with E-state index in [1.165, 1.54) is 6.33 Å². The van der Waals surface area contributed by atoms with Crippen LogP contribution in [0.15, 0.2) is 95.9 Å². The third kappa shape index (κ3) is 8.44. The van der Waals surface area contributed by atoms with Gasteiger partial charge in [-0.3, -0.25) is 9.13 Å². The summed E-state index contributed by atoms with van der Waals surface area (Å²) in [6.07, 6.45) is 10.3. The Labute approximate surface area is 343 Å². The normalized spacial score (nSPS) is 21.9. The van der Waals surface area contributed by atoms with E-state index in [9.17, 15) is 8.42 Å². The summed E-state index contributed by atoms with van der Waals surface area (Å²) in [7, 11) is -3.73. The van der Waals surface area contributed by atoms with Gasteiger partial charge in [-0.15, -0.1) is 0 Å². The van der Waals surface area contributed by atoms with Crippen molar-refractivity contribution in [1.82, 2.24) is 33.4 Å². The molecule has 54 heavy (non-hydrogen) atoms. The lowest BCUT2D eigenvalue weighted by molar-refractivity contribution is -0.197. The van der Waals surface area contributed by atoms with Crippen LogP contribution in [0.3, 0.4) is 0 Å². The molecule has 5 aromatic rings. The SMILES string of the molecule is Cc1ccc(S(=O)(=O)N(CCCCI)C(CCI)CC[C@H]2O[C@@H](n3cnc4c(/N=C(\c5ccccc5)n5ccnc5)ncnc43)[C@@H]3OC(C)(C)O[C@@H]32)cc1. The molecule has 0 bridgehead atoms. The summed E-state index contributed by atoms with van der Waals surface area (Å²) < 4.78 is 55.4. The summed E-state index contributed by atoms with van der Waals surface area (Å²) in [4.78, 5) is 23.4. The molecule has 0 spiro atoms. The number of benzene rings is 2. The summed E-state index contributed by atoms with van der Waals surface area (Å²) in [6, 6.07) is 16.8. The average Bonchev–Trinajstić information content (AvgIpc) is 3.96. The van der Waals surface area contributed by atoms with Crippen LogP contribution in [0.5, 0.6) is 0 Å². The van der Waals surface area contributed by atoms with E-state index in [4.69, 9.17) is 24.2 Å². The number of fused-ring (bicyclic) bond motifs is 2. The highest BCUT2D eigenvalue weighted by molar-refractivity contribution is 14.1. The van der Waals surface area contributed by atoms with Gasteiger partial charge in [0.1, 0.15) is 30.7 Å². The zero-order chi connectivity index (χ0) is 37.9. The maximum Gasteiger partial charge on any atom is 0.243 e. The Bertz CT molecular complexity index is 2150. The van der Waals surface area contributed by atoms with E-state index in [0.29, 0.717) is 47.1 Å². The summed E-state index contributed by atoms with van der Waals surface area (Å²) in [5, 5.41) is 0. The highest BCUT2D eigenvalue weighted by Crippen LogP contribution is 2.45. The molecule has 0 radical (unpaired) electrons. The van der Waals surface area contributed by atoms with Gasteiger partial charge < -0.3 is 14.2 Å². The lowest BCUT2D eigenvalue weighted by Gasteiger charge is -2.32. The van der Waals surface area contributed by atoms with E-state index in [0.717, 1.165) is 39.2 Å². The molecule has 0 saturated carbocycles. The monoisotopic (exact) mass is 978 g/mol. The second-order valence-corrected chi connectivity index (χ2v) is 18.0. The zero-order valence-electron chi connectivity index (χ0n) is 30.4. The Morgan fingerprint density at radius 3 is 2.46 bits per heavy atom. The lowest BCUT2D eigenvalue weighted by atomic mass is 10.0. The molecule has 2 aromatic carbocycles. The van der Waals surface area contributed by atoms with Crippen molar-refractivity contribution in [1.29, 1.82) is 0 Å². The molecule has 5 heterocycles. The van der Waals surface area contributed by atoms with E-state index in [-0.39, 0.29) is 18.2 Å². The lowest BCUT2D eigenvalue weighted by Crippen LogP contribution is -2.42. The number of hydrogen-bond acceptors (Lipinski definition) is 10. The number of rotatable bonds is 15. The Kier molecular flexibility index (Phi) is 12.5. The summed E-state index contributed by atoms with van der Waals surface area (Å²) in [6.45, 7) is 6.24. The molecule has 2 aliphatic heterocycles. The van der Waals surface area contributed by atoms with Gasteiger partial charge in [0, 0.05) is 35.0 Å². The van der Waals surface area contributed by atoms with Gasteiger partial charge in [-0.25, -0.2) is 33.3 Å². The largest absolute Gasteiger partial charge is 0.349 e. The predicted octanol–water partition coefficient (Wildman–Crippen LogP) is 7.26. The first-order chi connectivity index (χ1) is 26.1. The first-order valence-corrected chi connectivity index (χ1v) is 22.6. The molecule has 7 rings (SSSR count). The van der Waals surface area contributed by atoms with E-state index in [1.807, 2.05) is 78.6 Å². The highest BCUT2D eigenvalue weighted by atomic mass is 127. The van der Waals surface area contributed by atoms with E-state index in [2.05, 4.69) is 60.1 Å². The average molecular weight is 979 g/mol. The molecular weight excluding hydrogens is 934 g/mol. The number of alkyl halides is 2. The van der Waals surface area contributed by atoms with Gasteiger partial charge in [0.25, 0.3) is 0 Å². The smallest absolute Gasteiger partial charge is 0.243 e. The van der Waals surface area contributed by atoms with Crippen LogP contribution in [0.4, 0.5) is 5.82 Å². The van der Waals surface area contributed by atoms with E-state index >= 15 is 0 Å². The fourth-order valence-corrected chi connectivity index (χ4v) is 10.2. The molecule has 2 fully saturated rings. The van der Waals surface area contributed by atoms with Gasteiger partial charge in [-0.2, -0.15) is 4.31 Å². The standard InChI is InChI=1S/C38H44I2N8O5S/c1-26-11-14-29(15-12-26)54(49,50)48(21-8-7-18-39)28(17-19-40)13-16-30-32-33(53-38(2,3)52-32)37(51-30)47-25-44-31-34(42-23-43-36(31)47)45-35(46-22-20-41-24-46)27-9-5-4-6-10-27/h4-6,9-12,14-15,20,22-25,28,30,32-33,37H,7-8,13,16-19,21H2,1-3H3/b45-35+/t28?,30-,32-,33-,37-/m1/s1. The quantitative estimate of drug-likeness (QED) is 0.0349. The van der Waals surface area contributed by atoms with Crippen molar-refractivity contribution in [2.75, 3.05) is 15.4 Å². The van der Waals surface area contributed by atoms with E-state index in [1.54, 1.807) is 35.3 Å². The molecule has 0 amide bonds. The van der Waals surface area contributed by atoms with Gasteiger partial charge in [-0.05, 0) is 69.4 Å². The minimum Gasteiger partial charge on any atom is -0.349 e. The van der Waals surface area contributed by atoms with Crippen molar-refractivity contribution in [2.45, 2.75) is 94.1 Å². The number of halogens is 2. The van der Waals surface area contributed by atoms with Crippen LogP contribution in [-0.2, 0) is 24.2 Å². The molecule has 2 saturated heterocycles. The zero-order valence-corrected chi connectivity index (χ0v) is 35.5. The number of aryl methyl sites for hydroxylation is 1. The summed E-state index contributed by atoms with van der Waals surface area (Å²) in [5.74, 6) is 0.205. The van der Waals surface area contributed by atoms with Crippen molar-refractivity contribution in [2.24, 2.45) is 4.99 Å². The van der Waals surface area contributed by atoms with Crippen LogP contribution in [0.1, 0.15) is 63.3 Å². The summed E-state index contributed by atoms with van der Waals surface area (Å²) in [5.41, 5.74) is 2.97. The maximum absolute atomic E-state index is 14.2. The van der Waals surface area contributed by atoms with Crippen molar-refractivity contribution < 1.29 is 22.6 Å². The second-order valence-electron chi connectivity index (χ2n) is 14.0. The van der Waals surface area contributed by atoms with E-state index < -0.39 is 28.1 Å². The van der Waals surface area contributed by atoms with Crippen molar-refractivity contribution in [3.8, 4) is 0 Å². The number of sulfonamides is 1. The molecule has 13 nitrogen and oxygen atoms in total. The number of hydrogen-bond donors (Lipinski definition) is 0. The molecule has 16 heteroatoms. The Hall–Kier alpha value is -2.88. The molecule has 2 aliphatic rings. The fourth-order valence-electron chi connectivity index (χ4n) is 7.19. The number of aromatic nitrogens is 6. The molecule has 0 aliphatic carbocycles. The Morgan fingerprint density at radius 2 is 1.74 bits per heavy atom. The summed E-state index contributed by atoms with van der Waals surface area (Å²) >= 11 is 4.70. The van der Waals surface area contributed by atoms with Crippen LogP contribution >= 0.6 is 45.2 Å². The van der Waals surface area contributed by atoms with Crippen molar-refractivity contribution in [3.63, 3.8) is 0 Å².